The number of hydrogen-bond donors (Lipinski definition) is 2. The largest absolute Gasteiger partial charge is 0.306 e. The van der Waals surface area contributed by atoms with Gasteiger partial charge in [0.05, 0.1) is 4.88 Å². The van der Waals surface area contributed by atoms with Gasteiger partial charge in [0.15, 0.2) is 0 Å². The van der Waals surface area contributed by atoms with E-state index in [1.807, 2.05) is 36.6 Å². The summed E-state index contributed by atoms with van der Waals surface area (Å²) in [6, 6.07) is 12.9. The number of hydrogen-bond acceptors (Lipinski definition) is 5. The molecule has 8 heteroatoms. The van der Waals surface area contributed by atoms with Crippen LogP contribution in [-0.2, 0) is 0 Å². The zero-order valence-electron chi connectivity index (χ0n) is 16.2. The number of benzene rings is 1. The smallest absolute Gasteiger partial charge is 0.256 e. The van der Waals surface area contributed by atoms with Crippen molar-refractivity contribution >= 4 is 23.1 Å². The van der Waals surface area contributed by atoms with Crippen LogP contribution in [0.4, 0.5) is 5.82 Å². The number of nitrogens with one attached hydrogen (secondary N) is 2. The van der Waals surface area contributed by atoms with E-state index in [2.05, 4.69) is 20.4 Å². The van der Waals surface area contributed by atoms with E-state index in [-0.39, 0.29) is 17.4 Å². The molecule has 0 radical (unpaired) electrons. The van der Waals surface area contributed by atoms with Gasteiger partial charge in [-0.2, -0.15) is 9.78 Å². The number of H-pyrrole nitrogens is 1. The zero-order valence-corrected chi connectivity index (χ0v) is 17.0. The molecule has 0 aliphatic carbocycles. The van der Waals surface area contributed by atoms with Gasteiger partial charge in [0.25, 0.3) is 11.5 Å². The number of aromatic amines is 1. The molecule has 0 bridgehead atoms. The van der Waals surface area contributed by atoms with Crippen LogP contribution in [0.2, 0.25) is 0 Å². The molecule has 0 atom stereocenters. The Morgan fingerprint density at radius 1 is 1.14 bits per heavy atom. The Labute approximate surface area is 171 Å². The van der Waals surface area contributed by atoms with Crippen LogP contribution in [-0.4, -0.2) is 25.7 Å². The lowest BCUT2D eigenvalue weighted by Gasteiger charge is -2.09. The standard InChI is InChI=1S/C21H19N5O2S/c1-12-6-8-15(9-7-12)20(28)23-18-11-16(17-5-4-10-29-17)25-26(18)21-22-14(3)13(2)19(27)24-21/h4-11H,1-3H3,(H,23,28)(H,22,24,27). The van der Waals surface area contributed by atoms with Crippen LogP contribution in [0, 0.1) is 20.8 Å². The molecule has 0 unspecified atom stereocenters. The minimum atomic E-state index is -0.268. The molecule has 7 nitrogen and oxygen atoms in total. The van der Waals surface area contributed by atoms with Crippen molar-refractivity contribution in [2.45, 2.75) is 20.8 Å². The normalized spacial score (nSPS) is 10.9. The fraction of sp³-hybridized carbons (Fsp3) is 0.143. The fourth-order valence-corrected chi connectivity index (χ4v) is 3.48. The molecule has 2 N–H and O–H groups in total. The van der Waals surface area contributed by atoms with Gasteiger partial charge in [-0.1, -0.05) is 23.8 Å². The van der Waals surface area contributed by atoms with Crippen LogP contribution in [0.3, 0.4) is 0 Å². The van der Waals surface area contributed by atoms with Gasteiger partial charge < -0.3 is 5.32 Å². The number of aromatic nitrogens is 4. The van der Waals surface area contributed by atoms with Crippen molar-refractivity contribution < 1.29 is 4.79 Å². The molecular weight excluding hydrogens is 386 g/mol. The zero-order chi connectivity index (χ0) is 20.5. The Hall–Kier alpha value is -3.52. The van der Waals surface area contributed by atoms with Gasteiger partial charge in [0.2, 0.25) is 5.95 Å². The van der Waals surface area contributed by atoms with Crippen LogP contribution >= 0.6 is 11.3 Å². The average Bonchev–Trinajstić information content (AvgIpc) is 3.36. The van der Waals surface area contributed by atoms with Crippen molar-refractivity contribution in [2.75, 3.05) is 5.32 Å². The molecule has 4 rings (SSSR count). The molecule has 1 aromatic carbocycles. The molecule has 3 aromatic heterocycles. The van der Waals surface area contributed by atoms with Crippen molar-refractivity contribution in [2.24, 2.45) is 0 Å². The molecular formula is C21H19N5O2S. The van der Waals surface area contributed by atoms with Gasteiger partial charge in [0.1, 0.15) is 11.5 Å². The SMILES string of the molecule is Cc1ccc(C(=O)Nc2cc(-c3cccs3)nn2-c2nc(C)c(C)c(=O)[nH]2)cc1. The Morgan fingerprint density at radius 2 is 1.90 bits per heavy atom. The third-order valence-corrected chi connectivity index (χ3v) is 5.51. The number of rotatable bonds is 4. The summed E-state index contributed by atoms with van der Waals surface area (Å²) in [6.07, 6.45) is 0. The maximum absolute atomic E-state index is 12.8. The van der Waals surface area contributed by atoms with Crippen LogP contribution in [0.5, 0.6) is 0 Å². The van der Waals surface area contributed by atoms with Crippen LogP contribution < -0.4 is 10.9 Å². The van der Waals surface area contributed by atoms with Gasteiger partial charge >= 0.3 is 0 Å². The second kappa shape index (κ2) is 7.48. The van der Waals surface area contributed by atoms with Gasteiger partial charge in [-0.05, 0) is 44.4 Å². The van der Waals surface area contributed by atoms with E-state index in [1.165, 1.54) is 16.0 Å². The van der Waals surface area contributed by atoms with Gasteiger partial charge in [-0.15, -0.1) is 11.3 Å². The van der Waals surface area contributed by atoms with E-state index >= 15 is 0 Å². The van der Waals surface area contributed by atoms with Crippen LogP contribution in [0.1, 0.15) is 27.2 Å². The third kappa shape index (κ3) is 3.74. The fourth-order valence-electron chi connectivity index (χ4n) is 2.80. The number of nitrogens with zero attached hydrogens (tertiary/aromatic N) is 3. The van der Waals surface area contributed by atoms with E-state index < -0.39 is 0 Å². The molecule has 0 aliphatic rings. The maximum atomic E-state index is 12.8. The minimum Gasteiger partial charge on any atom is -0.306 e. The highest BCUT2D eigenvalue weighted by atomic mass is 32.1. The highest BCUT2D eigenvalue weighted by molar-refractivity contribution is 7.13. The summed E-state index contributed by atoms with van der Waals surface area (Å²) >= 11 is 1.54. The van der Waals surface area contributed by atoms with E-state index in [0.29, 0.717) is 28.3 Å². The molecule has 0 spiro atoms. The molecule has 146 valence electrons. The molecule has 0 saturated heterocycles. The van der Waals surface area contributed by atoms with Gasteiger partial charge in [0, 0.05) is 22.9 Å². The Morgan fingerprint density at radius 3 is 2.55 bits per heavy atom. The van der Waals surface area contributed by atoms with Crippen molar-refractivity contribution in [3.05, 3.63) is 80.6 Å². The molecule has 0 aliphatic heterocycles. The quantitative estimate of drug-likeness (QED) is 0.539. The van der Waals surface area contributed by atoms with E-state index in [0.717, 1.165) is 10.4 Å². The molecule has 4 aromatic rings. The topological polar surface area (TPSA) is 92.7 Å². The van der Waals surface area contributed by atoms with Crippen molar-refractivity contribution in [3.8, 4) is 16.5 Å². The summed E-state index contributed by atoms with van der Waals surface area (Å²) in [7, 11) is 0. The molecule has 0 fully saturated rings. The molecule has 0 saturated carbocycles. The third-order valence-electron chi connectivity index (χ3n) is 4.62. The summed E-state index contributed by atoms with van der Waals surface area (Å²) in [5.74, 6) is 0.403. The first-order chi connectivity index (χ1) is 13.9. The molecule has 29 heavy (non-hydrogen) atoms. The van der Waals surface area contributed by atoms with Gasteiger partial charge in [-0.3, -0.25) is 14.6 Å². The number of thiophene rings is 1. The van der Waals surface area contributed by atoms with Crippen molar-refractivity contribution in [3.63, 3.8) is 0 Å². The summed E-state index contributed by atoms with van der Waals surface area (Å²) in [6.45, 7) is 5.44. The highest BCUT2D eigenvalue weighted by Gasteiger charge is 2.17. The monoisotopic (exact) mass is 405 g/mol. The highest BCUT2D eigenvalue weighted by Crippen LogP contribution is 2.27. The van der Waals surface area contributed by atoms with Gasteiger partial charge in [-0.25, -0.2) is 4.98 Å². The maximum Gasteiger partial charge on any atom is 0.256 e. The summed E-state index contributed by atoms with van der Waals surface area (Å²) in [4.78, 5) is 33.1. The van der Waals surface area contributed by atoms with Crippen LogP contribution in [0.25, 0.3) is 16.5 Å². The lowest BCUT2D eigenvalue weighted by molar-refractivity contribution is 0.102. The Balaban J connectivity index is 1.78. The second-order valence-electron chi connectivity index (χ2n) is 6.72. The number of amides is 1. The molecule has 3 heterocycles. The van der Waals surface area contributed by atoms with Crippen LogP contribution in [0.15, 0.2) is 52.6 Å². The number of anilines is 1. The molecule has 1 amide bonds. The van der Waals surface area contributed by atoms with E-state index in [1.54, 1.807) is 32.0 Å². The lowest BCUT2D eigenvalue weighted by atomic mass is 10.1. The summed E-state index contributed by atoms with van der Waals surface area (Å²) < 4.78 is 1.45. The van der Waals surface area contributed by atoms with E-state index in [4.69, 9.17) is 0 Å². The summed E-state index contributed by atoms with van der Waals surface area (Å²) in [5.41, 5.74) is 3.19. The van der Waals surface area contributed by atoms with Crippen molar-refractivity contribution in [1.82, 2.24) is 19.7 Å². The number of aryl methyl sites for hydroxylation is 2. The lowest BCUT2D eigenvalue weighted by Crippen LogP contribution is -2.20. The number of carbonyl (C=O) groups is 1. The Bertz CT molecular complexity index is 1240. The second-order valence-corrected chi connectivity index (χ2v) is 7.67. The van der Waals surface area contributed by atoms with E-state index in [9.17, 15) is 9.59 Å². The predicted octanol–water partition coefficient (Wildman–Crippen LogP) is 3.86. The number of carbonyl (C=O) groups excluding carboxylic acids is 1. The van der Waals surface area contributed by atoms with Crippen molar-refractivity contribution in [1.29, 1.82) is 0 Å². The minimum absolute atomic E-state index is 0.239. The Kier molecular flexibility index (Phi) is 4.85. The first-order valence-corrected chi connectivity index (χ1v) is 9.90. The first-order valence-electron chi connectivity index (χ1n) is 9.02. The first kappa shape index (κ1) is 18.8. The average molecular weight is 405 g/mol. The summed E-state index contributed by atoms with van der Waals surface area (Å²) in [5, 5.41) is 9.41. The predicted molar refractivity (Wildman–Crippen MR) is 114 cm³/mol.